The van der Waals surface area contributed by atoms with Crippen molar-refractivity contribution in [2.45, 2.75) is 51.6 Å². The lowest BCUT2D eigenvalue weighted by atomic mass is 10.2. The van der Waals surface area contributed by atoms with Crippen LogP contribution in [-0.4, -0.2) is 57.0 Å². The van der Waals surface area contributed by atoms with Crippen molar-refractivity contribution in [3.8, 4) is 0 Å². The molecule has 150 valence electrons. The van der Waals surface area contributed by atoms with Gasteiger partial charge in [0.05, 0.1) is 6.54 Å². The van der Waals surface area contributed by atoms with Gasteiger partial charge in [-0.1, -0.05) is 25.0 Å². The zero-order valence-corrected chi connectivity index (χ0v) is 16.8. The quantitative estimate of drug-likeness (QED) is 0.824. The summed E-state index contributed by atoms with van der Waals surface area (Å²) in [7, 11) is 0. The third-order valence-corrected chi connectivity index (χ3v) is 5.80. The van der Waals surface area contributed by atoms with E-state index in [1.807, 2.05) is 12.1 Å². The molecule has 0 bridgehead atoms. The van der Waals surface area contributed by atoms with Crippen LogP contribution in [0.25, 0.3) is 0 Å². The smallest absolute Gasteiger partial charge is 0.232 e. The molecule has 28 heavy (non-hydrogen) atoms. The third-order valence-electron chi connectivity index (χ3n) is 5.80. The first-order valence-electron chi connectivity index (χ1n) is 10.5. The molecule has 1 saturated heterocycles. The minimum Gasteiger partial charge on any atom is -0.368 e. The van der Waals surface area contributed by atoms with Gasteiger partial charge in [0.25, 0.3) is 0 Å². The van der Waals surface area contributed by atoms with E-state index in [9.17, 15) is 0 Å². The van der Waals surface area contributed by atoms with Crippen LogP contribution in [0.15, 0.2) is 24.3 Å². The van der Waals surface area contributed by atoms with Crippen molar-refractivity contribution in [3.05, 3.63) is 35.7 Å². The second kappa shape index (κ2) is 8.84. The van der Waals surface area contributed by atoms with Crippen molar-refractivity contribution >= 4 is 17.6 Å². The van der Waals surface area contributed by atoms with Gasteiger partial charge in [-0.15, -0.1) is 0 Å². The Morgan fingerprint density at radius 3 is 2.71 bits per heavy atom. The molecule has 4 rings (SSSR count). The van der Waals surface area contributed by atoms with Crippen LogP contribution in [0.1, 0.15) is 43.5 Å². The van der Waals surface area contributed by atoms with E-state index in [4.69, 9.17) is 5.73 Å². The van der Waals surface area contributed by atoms with Gasteiger partial charge in [-0.25, -0.2) is 0 Å². The maximum absolute atomic E-state index is 5.95. The molecule has 1 aliphatic heterocycles. The molecule has 3 N–H and O–H groups in total. The molecule has 1 aromatic carbocycles. The fraction of sp³-hybridized carbons (Fsp3) is 0.571. The molecule has 0 amide bonds. The second-order valence-corrected chi connectivity index (χ2v) is 8.03. The third kappa shape index (κ3) is 4.97. The predicted molar refractivity (Wildman–Crippen MR) is 112 cm³/mol. The Hall–Kier alpha value is -2.25. The first-order chi connectivity index (χ1) is 13.7. The lowest BCUT2D eigenvalue weighted by molar-refractivity contribution is 0.197. The Labute approximate surface area is 167 Å². The monoisotopic (exact) mass is 381 g/mol. The van der Waals surface area contributed by atoms with Crippen molar-refractivity contribution in [2.24, 2.45) is 0 Å². The second-order valence-electron chi connectivity index (χ2n) is 8.03. The highest BCUT2D eigenvalue weighted by atomic mass is 15.3. The maximum Gasteiger partial charge on any atom is 0.232 e. The summed E-state index contributed by atoms with van der Waals surface area (Å²) in [4.78, 5) is 18.4. The van der Waals surface area contributed by atoms with Gasteiger partial charge < -0.3 is 11.1 Å². The molecule has 0 spiro atoms. The van der Waals surface area contributed by atoms with Gasteiger partial charge in [0.2, 0.25) is 11.9 Å². The molecular weight excluding hydrogens is 350 g/mol. The number of nitrogens with one attached hydrogen (secondary N) is 1. The van der Waals surface area contributed by atoms with E-state index < -0.39 is 0 Å². The van der Waals surface area contributed by atoms with E-state index in [1.54, 1.807) is 0 Å². The minimum atomic E-state index is 0.266. The Morgan fingerprint density at radius 1 is 1.04 bits per heavy atom. The number of nitrogens with two attached hydrogens (primary N) is 1. The predicted octanol–water partition coefficient (Wildman–Crippen LogP) is 2.96. The van der Waals surface area contributed by atoms with Crippen LogP contribution in [-0.2, 0) is 6.54 Å². The van der Waals surface area contributed by atoms with Gasteiger partial charge in [-0.2, -0.15) is 15.0 Å². The molecule has 0 atom stereocenters. The van der Waals surface area contributed by atoms with E-state index in [1.165, 1.54) is 44.2 Å². The van der Waals surface area contributed by atoms with E-state index in [-0.39, 0.29) is 5.95 Å². The summed E-state index contributed by atoms with van der Waals surface area (Å²) in [5.74, 6) is 1.51. The Balaban J connectivity index is 1.39. The normalized spacial score (nSPS) is 19.6. The molecule has 2 fully saturated rings. The average molecular weight is 382 g/mol. The zero-order valence-electron chi connectivity index (χ0n) is 16.8. The molecular formula is C21H31N7. The van der Waals surface area contributed by atoms with Gasteiger partial charge in [0.1, 0.15) is 5.82 Å². The van der Waals surface area contributed by atoms with Gasteiger partial charge in [-0.3, -0.25) is 9.80 Å². The summed E-state index contributed by atoms with van der Waals surface area (Å²) < 4.78 is 0. The highest BCUT2D eigenvalue weighted by Gasteiger charge is 2.25. The first kappa shape index (κ1) is 19.1. The van der Waals surface area contributed by atoms with Crippen LogP contribution < -0.4 is 11.1 Å². The fourth-order valence-electron chi connectivity index (χ4n) is 4.40. The van der Waals surface area contributed by atoms with Crippen LogP contribution in [0, 0.1) is 6.92 Å². The minimum absolute atomic E-state index is 0.266. The summed E-state index contributed by atoms with van der Waals surface area (Å²) in [5.41, 5.74) is 8.10. The van der Waals surface area contributed by atoms with Gasteiger partial charge in [0.15, 0.2) is 0 Å². The highest BCUT2D eigenvalue weighted by molar-refractivity contribution is 5.54. The van der Waals surface area contributed by atoms with Crippen LogP contribution in [0.4, 0.5) is 17.6 Å². The largest absolute Gasteiger partial charge is 0.368 e. The SMILES string of the molecule is Cc1cccc(Nc2nc(N)nc(CN3CCCN(C4CCCC4)CC3)n2)c1. The number of rotatable bonds is 5. The summed E-state index contributed by atoms with van der Waals surface area (Å²) in [6, 6.07) is 8.94. The molecule has 2 aliphatic rings. The molecule has 2 heterocycles. The molecule has 0 radical (unpaired) electrons. The molecule has 1 aliphatic carbocycles. The van der Waals surface area contributed by atoms with Gasteiger partial charge >= 0.3 is 0 Å². The van der Waals surface area contributed by atoms with Crippen LogP contribution >= 0.6 is 0 Å². The van der Waals surface area contributed by atoms with Crippen molar-refractivity contribution in [3.63, 3.8) is 0 Å². The summed E-state index contributed by atoms with van der Waals surface area (Å²) in [6.45, 7) is 7.26. The molecule has 7 nitrogen and oxygen atoms in total. The maximum atomic E-state index is 5.95. The Kier molecular flexibility index (Phi) is 6.02. The molecule has 1 aromatic heterocycles. The number of hydrogen-bond acceptors (Lipinski definition) is 7. The number of aromatic nitrogens is 3. The van der Waals surface area contributed by atoms with E-state index in [0.29, 0.717) is 12.5 Å². The van der Waals surface area contributed by atoms with Gasteiger partial charge in [0, 0.05) is 24.8 Å². The van der Waals surface area contributed by atoms with Crippen molar-refractivity contribution in [1.29, 1.82) is 0 Å². The number of anilines is 3. The van der Waals surface area contributed by atoms with E-state index >= 15 is 0 Å². The fourth-order valence-corrected chi connectivity index (χ4v) is 4.40. The van der Waals surface area contributed by atoms with Gasteiger partial charge in [-0.05, 0) is 57.0 Å². The van der Waals surface area contributed by atoms with Crippen molar-refractivity contribution in [2.75, 3.05) is 37.2 Å². The van der Waals surface area contributed by atoms with Crippen LogP contribution in [0.2, 0.25) is 0 Å². The Bertz CT molecular complexity index is 788. The molecule has 1 saturated carbocycles. The number of hydrogen-bond donors (Lipinski definition) is 2. The van der Waals surface area contributed by atoms with Crippen molar-refractivity contribution < 1.29 is 0 Å². The van der Waals surface area contributed by atoms with Crippen LogP contribution in [0.5, 0.6) is 0 Å². The summed E-state index contributed by atoms with van der Waals surface area (Å²) >= 11 is 0. The van der Waals surface area contributed by atoms with E-state index in [2.05, 4.69) is 49.1 Å². The topological polar surface area (TPSA) is 83.2 Å². The van der Waals surface area contributed by atoms with E-state index in [0.717, 1.165) is 37.2 Å². The zero-order chi connectivity index (χ0) is 19.3. The number of benzene rings is 1. The number of nitrogen functional groups attached to an aromatic ring is 1. The molecule has 2 aromatic rings. The lowest BCUT2D eigenvalue weighted by Gasteiger charge is -2.27. The summed E-state index contributed by atoms with van der Waals surface area (Å²) in [6.07, 6.45) is 6.74. The summed E-state index contributed by atoms with van der Waals surface area (Å²) in [5, 5.41) is 3.25. The Morgan fingerprint density at radius 2 is 1.89 bits per heavy atom. The standard InChI is InChI=1S/C21H31N7/c1-16-6-4-7-17(14-16)23-21-25-19(24-20(22)26-21)15-27-10-5-11-28(13-12-27)18-8-2-3-9-18/h4,6-7,14,18H,2-3,5,8-13,15H2,1H3,(H3,22,23,24,25,26). The highest BCUT2D eigenvalue weighted by Crippen LogP contribution is 2.24. The van der Waals surface area contributed by atoms with Crippen LogP contribution in [0.3, 0.4) is 0 Å². The lowest BCUT2D eigenvalue weighted by Crippen LogP contribution is -2.36. The van der Waals surface area contributed by atoms with Crippen molar-refractivity contribution in [1.82, 2.24) is 24.8 Å². The molecule has 7 heteroatoms. The number of aryl methyl sites for hydroxylation is 1. The average Bonchev–Trinajstić information content (AvgIpc) is 3.09. The number of nitrogens with zero attached hydrogens (tertiary/aromatic N) is 5. The first-order valence-corrected chi connectivity index (χ1v) is 10.5. The molecule has 0 unspecified atom stereocenters.